The lowest BCUT2D eigenvalue weighted by atomic mass is 9.96. The van der Waals surface area contributed by atoms with Gasteiger partial charge in [0.25, 0.3) is 0 Å². The van der Waals surface area contributed by atoms with Crippen LogP contribution in [-0.2, 0) is 0 Å². The standard InChI is InChI=1S/C12H14O/c1-2-10-6-8-12(9-7-10)13-11-4-3-5-11/h2,6-9,11H,1,3-5H2. The number of ether oxygens (including phenoxy) is 1. The van der Waals surface area contributed by atoms with Crippen molar-refractivity contribution in [2.24, 2.45) is 0 Å². The average Bonchev–Trinajstić information content (AvgIpc) is 2.12. The van der Waals surface area contributed by atoms with Crippen LogP contribution in [-0.4, -0.2) is 6.10 Å². The maximum atomic E-state index is 5.72. The second-order valence-electron chi connectivity index (χ2n) is 3.44. The van der Waals surface area contributed by atoms with Gasteiger partial charge in [-0.25, -0.2) is 0 Å². The first kappa shape index (κ1) is 8.36. The molecule has 0 aromatic heterocycles. The Labute approximate surface area is 79.0 Å². The molecule has 1 heteroatoms. The minimum absolute atomic E-state index is 0.467. The minimum Gasteiger partial charge on any atom is -0.490 e. The summed E-state index contributed by atoms with van der Waals surface area (Å²) in [6.45, 7) is 3.71. The molecule has 0 heterocycles. The zero-order valence-electron chi connectivity index (χ0n) is 7.70. The smallest absolute Gasteiger partial charge is 0.119 e. The molecule has 1 aromatic carbocycles. The fraction of sp³-hybridized carbons (Fsp3) is 0.333. The molecule has 13 heavy (non-hydrogen) atoms. The highest BCUT2D eigenvalue weighted by Gasteiger charge is 2.18. The molecule has 0 unspecified atom stereocenters. The van der Waals surface area contributed by atoms with Gasteiger partial charge in [-0.3, -0.25) is 0 Å². The van der Waals surface area contributed by atoms with E-state index in [0.29, 0.717) is 6.10 Å². The van der Waals surface area contributed by atoms with E-state index in [2.05, 4.69) is 6.58 Å². The lowest BCUT2D eigenvalue weighted by molar-refractivity contribution is 0.120. The molecule has 0 radical (unpaired) electrons. The summed E-state index contributed by atoms with van der Waals surface area (Å²) in [6.07, 6.45) is 6.05. The van der Waals surface area contributed by atoms with Gasteiger partial charge in [-0.15, -0.1) is 0 Å². The Morgan fingerprint density at radius 1 is 1.23 bits per heavy atom. The summed E-state index contributed by atoms with van der Waals surface area (Å²) in [5, 5.41) is 0. The molecule has 1 aliphatic rings. The van der Waals surface area contributed by atoms with E-state index < -0.39 is 0 Å². The van der Waals surface area contributed by atoms with Gasteiger partial charge < -0.3 is 4.74 Å². The van der Waals surface area contributed by atoms with E-state index in [-0.39, 0.29) is 0 Å². The fourth-order valence-electron chi connectivity index (χ4n) is 1.36. The van der Waals surface area contributed by atoms with Crippen LogP contribution in [0.1, 0.15) is 24.8 Å². The lowest BCUT2D eigenvalue weighted by Gasteiger charge is -2.26. The van der Waals surface area contributed by atoms with Crippen molar-refractivity contribution < 1.29 is 4.74 Å². The van der Waals surface area contributed by atoms with Crippen LogP contribution in [0.2, 0.25) is 0 Å². The monoisotopic (exact) mass is 174 g/mol. The van der Waals surface area contributed by atoms with Crippen molar-refractivity contribution in [1.82, 2.24) is 0 Å². The third-order valence-electron chi connectivity index (χ3n) is 2.47. The maximum Gasteiger partial charge on any atom is 0.119 e. The van der Waals surface area contributed by atoms with Gasteiger partial charge in [0.05, 0.1) is 6.10 Å². The highest BCUT2D eigenvalue weighted by atomic mass is 16.5. The summed E-state index contributed by atoms with van der Waals surface area (Å²) < 4.78 is 5.72. The van der Waals surface area contributed by atoms with Crippen LogP contribution < -0.4 is 4.74 Å². The molecule has 0 spiro atoms. The summed E-state index contributed by atoms with van der Waals surface area (Å²) in [5.41, 5.74) is 1.14. The van der Waals surface area contributed by atoms with Crippen LogP contribution in [0.5, 0.6) is 5.75 Å². The van der Waals surface area contributed by atoms with Gasteiger partial charge in [-0.05, 0) is 37.0 Å². The first-order valence-electron chi connectivity index (χ1n) is 4.77. The van der Waals surface area contributed by atoms with Crippen molar-refractivity contribution in [2.45, 2.75) is 25.4 Å². The molecule has 0 atom stereocenters. The molecule has 2 rings (SSSR count). The molecule has 68 valence electrons. The second-order valence-corrected chi connectivity index (χ2v) is 3.44. The number of rotatable bonds is 3. The largest absolute Gasteiger partial charge is 0.490 e. The van der Waals surface area contributed by atoms with Crippen LogP contribution in [0.25, 0.3) is 6.08 Å². The van der Waals surface area contributed by atoms with E-state index in [1.807, 2.05) is 30.3 Å². The predicted molar refractivity (Wildman–Crippen MR) is 54.8 cm³/mol. The Balaban J connectivity index is 2.00. The molecule has 0 bridgehead atoms. The van der Waals surface area contributed by atoms with Crippen molar-refractivity contribution in [3.05, 3.63) is 36.4 Å². The van der Waals surface area contributed by atoms with Crippen molar-refractivity contribution in [3.8, 4) is 5.75 Å². The van der Waals surface area contributed by atoms with Crippen LogP contribution in [0.3, 0.4) is 0 Å². The van der Waals surface area contributed by atoms with Gasteiger partial charge in [0, 0.05) is 0 Å². The molecule has 1 aromatic rings. The van der Waals surface area contributed by atoms with E-state index in [9.17, 15) is 0 Å². The highest BCUT2D eigenvalue weighted by molar-refractivity contribution is 5.48. The van der Waals surface area contributed by atoms with E-state index in [0.717, 1.165) is 11.3 Å². The second kappa shape index (κ2) is 3.65. The molecule has 1 aliphatic carbocycles. The Morgan fingerprint density at radius 2 is 1.92 bits per heavy atom. The van der Waals surface area contributed by atoms with Crippen molar-refractivity contribution in [3.63, 3.8) is 0 Å². The van der Waals surface area contributed by atoms with Crippen molar-refractivity contribution >= 4 is 6.08 Å². The van der Waals surface area contributed by atoms with Gasteiger partial charge in [0.1, 0.15) is 5.75 Å². The van der Waals surface area contributed by atoms with Gasteiger partial charge >= 0.3 is 0 Å². The summed E-state index contributed by atoms with van der Waals surface area (Å²) in [5.74, 6) is 0.982. The van der Waals surface area contributed by atoms with Crippen LogP contribution in [0.15, 0.2) is 30.8 Å². The van der Waals surface area contributed by atoms with E-state index in [4.69, 9.17) is 4.74 Å². The van der Waals surface area contributed by atoms with Crippen LogP contribution >= 0.6 is 0 Å². The van der Waals surface area contributed by atoms with Gasteiger partial charge in [0.15, 0.2) is 0 Å². The molecule has 0 aliphatic heterocycles. The Hall–Kier alpha value is -1.24. The summed E-state index contributed by atoms with van der Waals surface area (Å²) in [6, 6.07) is 8.08. The van der Waals surface area contributed by atoms with Gasteiger partial charge in [0.2, 0.25) is 0 Å². The van der Waals surface area contributed by atoms with E-state index >= 15 is 0 Å². The zero-order chi connectivity index (χ0) is 9.10. The summed E-state index contributed by atoms with van der Waals surface area (Å²) >= 11 is 0. The van der Waals surface area contributed by atoms with E-state index in [1.165, 1.54) is 19.3 Å². The summed E-state index contributed by atoms with van der Waals surface area (Å²) in [4.78, 5) is 0. The summed E-state index contributed by atoms with van der Waals surface area (Å²) in [7, 11) is 0. The number of hydrogen-bond donors (Lipinski definition) is 0. The zero-order valence-corrected chi connectivity index (χ0v) is 7.70. The molecule has 1 nitrogen and oxygen atoms in total. The predicted octanol–water partition coefficient (Wildman–Crippen LogP) is 3.26. The third kappa shape index (κ3) is 1.92. The van der Waals surface area contributed by atoms with E-state index in [1.54, 1.807) is 0 Å². The quantitative estimate of drug-likeness (QED) is 0.683. The van der Waals surface area contributed by atoms with Crippen molar-refractivity contribution in [1.29, 1.82) is 0 Å². The average molecular weight is 174 g/mol. The van der Waals surface area contributed by atoms with Crippen LogP contribution in [0.4, 0.5) is 0 Å². The van der Waals surface area contributed by atoms with Gasteiger partial charge in [-0.2, -0.15) is 0 Å². The fourth-order valence-corrected chi connectivity index (χ4v) is 1.36. The number of benzene rings is 1. The Morgan fingerprint density at radius 3 is 2.38 bits per heavy atom. The highest BCUT2D eigenvalue weighted by Crippen LogP contribution is 2.25. The van der Waals surface area contributed by atoms with Gasteiger partial charge in [-0.1, -0.05) is 24.8 Å². The molecular weight excluding hydrogens is 160 g/mol. The first-order chi connectivity index (χ1) is 6.38. The molecule has 0 amide bonds. The SMILES string of the molecule is C=Cc1ccc(OC2CCC2)cc1. The maximum absolute atomic E-state index is 5.72. The number of hydrogen-bond acceptors (Lipinski definition) is 1. The van der Waals surface area contributed by atoms with Crippen LogP contribution in [0, 0.1) is 0 Å². The molecule has 1 saturated carbocycles. The molecule has 1 fully saturated rings. The lowest BCUT2D eigenvalue weighted by Crippen LogP contribution is -2.24. The Kier molecular flexibility index (Phi) is 2.35. The Bertz CT molecular complexity index is 282. The first-order valence-corrected chi connectivity index (χ1v) is 4.77. The van der Waals surface area contributed by atoms with Crippen molar-refractivity contribution in [2.75, 3.05) is 0 Å². The molecular formula is C12H14O. The topological polar surface area (TPSA) is 9.23 Å². The minimum atomic E-state index is 0.467. The molecule has 0 N–H and O–H groups in total. The molecule has 0 saturated heterocycles. The third-order valence-corrected chi connectivity index (χ3v) is 2.47. The normalized spacial score (nSPS) is 16.3.